The summed E-state index contributed by atoms with van der Waals surface area (Å²) in [6.07, 6.45) is -3.32. The lowest BCUT2D eigenvalue weighted by Crippen LogP contribution is -2.05. The van der Waals surface area contributed by atoms with E-state index >= 15 is 0 Å². The van der Waals surface area contributed by atoms with Gasteiger partial charge in [-0.1, -0.05) is 6.07 Å². The second-order valence-electron chi connectivity index (χ2n) is 3.44. The summed E-state index contributed by atoms with van der Waals surface area (Å²) in [6.45, 7) is 0. The lowest BCUT2D eigenvalue weighted by molar-refractivity contribution is -0.137. The molecule has 1 aromatic carbocycles. The highest BCUT2D eigenvalue weighted by Crippen LogP contribution is 2.31. The summed E-state index contributed by atoms with van der Waals surface area (Å²) in [5.74, 6) is 0.376. The Morgan fingerprint density at radius 1 is 1.11 bits per heavy atom. The minimum absolute atomic E-state index is 0.0770. The Kier molecular flexibility index (Phi) is 3.74. The molecule has 2 aromatic rings. The fourth-order valence-corrected chi connectivity index (χ4v) is 1.81. The lowest BCUT2D eigenvalue weighted by Gasteiger charge is -2.09. The van der Waals surface area contributed by atoms with Crippen molar-refractivity contribution in [3.8, 4) is 11.6 Å². The van der Waals surface area contributed by atoms with Crippen LogP contribution in [-0.2, 0) is 6.18 Å². The van der Waals surface area contributed by atoms with Crippen molar-refractivity contribution in [3.63, 3.8) is 0 Å². The molecule has 0 unspecified atom stereocenters. The number of alkyl halides is 3. The highest BCUT2D eigenvalue weighted by Gasteiger charge is 2.30. The molecule has 94 valence electrons. The second kappa shape index (κ2) is 5.13. The molecule has 0 atom stereocenters. The fraction of sp³-hybridized carbons (Fsp3) is 0.0833. The van der Waals surface area contributed by atoms with Crippen LogP contribution in [0.2, 0.25) is 0 Å². The smallest absolute Gasteiger partial charge is 0.416 e. The van der Waals surface area contributed by atoms with Crippen LogP contribution in [0.1, 0.15) is 5.56 Å². The molecule has 6 heteroatoms. The molecule has 0 N–H and O–H groups in total. The van der Waals surface area contributed by atoms with Gasteiger partial charge in [0.2, 0.25) is 5.88 Å². The molecular weight excluding hydrogens is 358 g/mol. The van der Waals surface area contributed by atoms with E-state index in [1.165, 1.54) is 0 Å². The maximum absolute atomic E-state index is 12.5. The Morgan fingerprint density at radius 2 is 1.89 bits per heavy atom. The monoisotopic (exact) mass is 365 g/mol. The third-order valence-corrected chi connectivity index (χ3v) is 2.75. The van der Waals surface area contributed by atoms with Gasteiger partial charge in [-0.3, -0.25) is 0 Å². The van der Waals surface area contributed by atoms with Crippen molar-refractivity contribution in [2.45, 2.75) is 6.18 Å². The molecule has 18 heavy (non-hydrogen) atoms. The number of halogens is 4. The minimum Gasteiger partial charge on any atom is -0.439 e. The van der Waals surface area contributed by atoms with Crippen LogP contribution in [0.15, 0.2) is 42.6 Å². The highest BCUT2D eigenvalue weighted by molar-refractivity contribution is 14.1. The van der Waals surface area contributed by atoms with Crippen molar-refractivity contribution >= 4 is 22.6 Å². The molecule has 1 heterocycles. The highest BCUT2D eigenvalue weighted by atomic mass is 127. The van der Waals surface area contributed by atoms with Crippen molar-refractivity contribution in [1.82, 2.24) is 4.98 Å². The number of hydrogen-bond acceptors (Lipinski definition) is 2. The van der Waals surface area contributed by atoms with Crippen molar-refractivity contribution in [2.24, 2.45) is 0 Å². The third-order valence-electron chi connectivity index (χ3n) is 2.08. The van der Waals surface area contributed by atoms with Crippen molar-refractivity contribution in [2.75, 3.05) is 0 Å². The second-order valence-corrected chi connectivity index (χ2v) is 4.69. The number of nitrogens with zero attached hydrogens (tertiary/aromatic N) is 1. The number of aromatic nitrogens is 1. The average molecular weight is 365 g/mol. The number of ether oxygens (including phenoxy) is 1. The van der Waals surface area contributed by atoms with E-state index in [1.807, 2.05) is 6.07 Å². The number of hydrogen-bond donors (Lipinski definition) is 0. The zero-order chi connectivity index (χ0) is 13.2. The maximum atomic E-state index is 12.5. The number of benzene rings is 1. The number of rotatable bonds is 2. The Labute approximate surface area is 115 Å². The third kappa shape index (κ3) is 3.34. The van der Waals surface area contributed by atoms with E-state index in [0.717, 1.165) is 21.9 Å². The summed E-state index contributed by atoms with van der Waals surface area (Å²) in [5, 5.41) is 0. The van der Waals surface area contributed by atoms with Crippen LogP contribution in [0.4, 0.5) is 13.2 Å². The van der Waals surface area contributed by atoms with Gasteiger partial charge in [-0.2, -0.15) is 13.2 Å². The van der Waals surface area contributed by atoms with Crippen molar-refractivity contribution < 1.29 is 17.9 Å². The molecule has 1 aromatic heterocycles. The summed E-state index contributed by atoms with van der Waals surface area (Å²) in [6, 6.07) is 8.76. The number of pyridine rings is 1. The van der Waals surface area contributed by atoms with E-state index in [0.29, 0.717) is 5.75 Å². The molecule has 0 bridgehead atoms. The van der Waals surface area contributed by atoms with E-state index in [4.69, 9.17) is 4.74 Å². The van der Waals surface area contributed by atoms with Crippen LogP contribution in [-0.4, -0.2) is 4.98 Å². The molecule has 0 aliphatic heterocycles. The summed E-state index contributed by atoms with van der Waals surface area (Å²) in [5.41, 5.74) is -0.780. The van der Waals surface area contributed by atoms with Crippen LogP contribution < -0.4 is 4.74 Å². The summed E-state index contributed by atoms with van der Waals surface area (Å²) < 4.78 is 43.7. The largest absolute Gasteiger partial charge is 0.439 e. The van der Waals surface area contributed by atoms with Gasteiger partial charge in [0.15, 0.2) is 0 Å². The quantitative estimate of drug-likeness (QED) is 0.732. The minimum atomic E-state index is -4.40. The van der Waals surface area contributed by atoms with Gasteiger partial charge in [-0.15, -0.1) is 0 Å². The molecule has 0 aliphatic rings. The topological polar surface area (TPSA) is 22.1 Å². The van der Waals surface area contributed by atoms with Gasteiger partial charge in [0.25, 0.3) is 0 Å². The van der Waals surface area contributed by atoms with Gasteiger partial charge in [0.05, 0.1) is 5.56 Å². The molecule has 0 aliphatic carbocycles. The normalized spacial score (nSPS) is 11.3. The lowest BCUT2D eigenvalue weighted by atomic mass is 10.2. The predicted molar refractivity (Wildman–Crippen MR) is 68.5 cm³/mol. The molecule has 2 nitrogen and oxygen atoms in total. The Balaban J connectivity index is 2.25. The van der Waals surface area contributed by atoms with E-state index in [9.17, 15) is 13.2 Å². The summed E-state index contributed by atoms with van der Waals surface area (Å²) in [7, 11) is 0. The first-order chi connectivity index (χ1) is 8.45. The summed E-state index contributed by atoms with van der Waals surface area (Å²) in [4.78, 5) is 3.75. The van der Waals surface area contributed by atoms with Gasteiger partial charge in [-0.25, -0.2) is 4.98 Å². The van der Waals surface area contributed by atoms with Gasteiger partial charge in [0.1, 0.15) is 5.75 Å². The van der Waals surface area contributed by atoms with Crippen LogP contribution in [0.3, 0.4) is 0 Å². The first kappa shape index (κ1) is 13.1. The Bertz CT molecular complexity index is 557. The molecule has 0 amide bonds. The Hall–Kier alpha value is -1.31. The van der Waals surface area contributed by atoms with Crippen LogP contribution in [0.25, 0.3) is 0 Å². The molecule has 0 spiro atoms. The SMILES string of the molecule is FC(F)(F)c1ccnc(Oc2cccc(I)c2)c1. The average Bonchev–Trinajstić information content (AvgIpc) is 2.28. The van der Waals surface area contributed by atoms with Crippen molar-refractivity contribution in [1.29, 1.82) is 0 Å². The molecular formula is C12H7F3INO. The van der Waals surface area contributed by atoms with Crippen LogP contribution in [0, 0.1) is 3.57 Å². The van der Waals surface area contributed by atoms with Gasteiger partial charge in [-0.05, 0) is 46.9 Å². The Morgan fingerprint density at radius 3 is 2.56 bits per heavy atom. The van der Waals surface area contributed by atoms with Crippen LogP contribution in [0.5, 0.6) is 11.6 Å². The zero-order valence-corrected chi connectivity index (χ0v) is 11.1. The molecule has 0 saturated carbocycles. The van der Waals surface area contributed by atoms with E-state index in [1.54, 1.807) is 18.2 Å². The zero-order valence-electron chi connectivity index (χ0n) is 8.91. The molecule has 0 fully saturated rings. The maximum Gasteiger partial charge on any atom is 0.416 e. The van der Waals surface area contributed by atoms with E-state index in [2.05, 4.69) is 27.6 Å². The summed E-state index contributed by atoms with van der Waals surface area (Å²) >= 11 is 2.09. The van der Waals surface area contributed by atoms with Gasteiger partial charge in [0, 0.05) is 15.8 Å². The predicted octanol–water partition coefficient (Wildman–Crippen LogP) is 4.50. The molecule has 0 saturated heterocycles. The van der Waals surface area contributed by atoms with Gasteiger partial charge >= 0.3 is 6.18 Å². The molecule has 0 radical (unpaired) electrons. The first-order valence-corrected chi connectivity index (χ1v) is 6.00. The van der Waals surface area contributed by atoms with Crippen molar-refractivity contribution in [3.05, 3.63) is 51.7 Å². The van der Waals surface area contributed by atoms with E-state index in [-0.39, 0.29) is 5.88 Å². The van der Waals surface area contributed by atoms with Crippen LogP contribution >= 0.6 is 22.6 Å². The standard InChI is InChI=1S/C12H7F3INO/c13-12(14,15)8-4-5-17-11(6-8)18-10-3-1-2-9(16)7-10/h1-7H. The first-order valence-electron chi connectivity index (χ1n) is 4.92. The fourth-order valence-electron chi connectivity index (χ4n) is 1.29. The van der Waals surface area contributed by atoms with Gasteiger partial charge < -0.3 is 4.74 Å². The molecule has 2 rings (SSSR count). The van der Waals surface area contributed by atoms with E-state index < -0.39 is 11.7 Å².